The molecule has 2 aromatic rings. The minimum atomic E-state index is -0.977. The van der Waals surface area contributed by atoms with Gasteiger partial charge in [-0.2, -0.15) is 0 Å². The summed E-state index contributed by atoms with van der Waals surface area (Å²) in [4.78, 5) is 52.5. The van der Waals surface area contributed by atoms with Crippen molar-refractivity contribution in [2.75, 3.05) is 6.61 Å². The maximum Gasteiger partial charge on any atom is 0.354 e. The summed E-state index contributed by atoms with van der Waals surface area (Å²) in [5, 5.41) is 18.2. The first-order chi connectivity index (χ1) is 18.9. The van der Waals surface area contributed by atoms with E-state index in [1.807, 2.05) is 33.8 Å². The van der Waals surface area contributed by atoms with Crippen LogP contribution in [0.3, 0.4) is 0 Å². The summed E-state index contributed by atoms with van der Waals surface area (Å²) in [5.41, 5.74) is 1.30. The Labute approximate surface area is 236 Å². The van der Waals surface area contributed by atoms with Gasteiger partial charge in [-0.3, -0.25) is 14.4 Å². The average Bonchev–Trinajstić information content (AvgIpc) is 2.89. The molecule has 0 aliphatic heterocycles. The standard InChI is InChI=1S/C31H41N3O6/c1-7-40-31(39)26(18-22-12-9-8-10-13-22)34-30(38)25(17-20(4)5)33-29(37)24(16-19(2)3)32-28(36)23-14-11-15-27(35)21(23)6/h8-15,18-20,24-25,35H,7,16-17H2,1-6H3,(H,32,36)(H,33,37)(H,34,38)/b26-18-/t24-,25-/m0/s1. The second-order valence-corrected chi connectivity index (χ2v) is 10.5. The zero-order chi connectivity index (χ0) is 29.8. The number of ether oxygens (including phenoxy) is 1. The Balaban J connectivity index is 2.29. The molecule has 216 valence electrons. The molecule has 0 unspecified atom stereocenters. The van der Waals surface area contributed by atoms with Gasteiger partial charge in [-0.15, -0.1) is 0 Å². The molecule has 0 radical (unpaired) electrons. The quantitative estimate of drug-likeness (QED) is 0.219. The van der Waals surface area contributed by atoms with Gasteiger partial charge in [-0.1, -0.05) is 64.1 Å². The molecule has 3 amide bonds. The summed E-state index contributed by atoms with van der Waals surface area (Å²) >= 11 is 0. The van der Waals surface area contributed by atoms with Gasteiger partial charge >= 0.3 is 5.97 Å². The summed E-state index contributed by atoms with van der Waals surface area (Å²) in [6.07, 6.45) is 2.14. The number of hydrogen-bond acceptors (Lipinski definition) is 6. The van der Waals surface area contributed by atoms with E-state index in [0.717, 1.165) is 0 Å². The topological polar surface area (TPSA) is 134 Å². The number of esters is 1. The molecule has 0 aliphatic carbocycles. The minimum absolute atomic E-state index is 0.0212. The van der Waals surface area contributed by atoms with Gasteiger partial charge < -0.3 is 25.8 Å². The minimum Gasteiger partial charge on any atom is -0.508 e. The predicted molar refractivity (Wildman–Crippen MR) is 154 cm³/mol. The third-order valence-electron chi connectivity index (χ3n) is 6.08. The lowest BCUT2D eigenvalue weighted by molar-refractivity contribution is -0.140. The number of aromatic hydroxyl groups is 1. The molecule has 0 fully saturated rings. The lowest BCUT2D eigenvalue weighted by atomic mass is 9.99. The Morgan fingerprint density at radius 1 is 0.850 bits per heavy atom. The number of carbonyl (C=O) groups excluding carboxylic acids is 4. The van der Waals surface area contributed by atoms with Crippen molar-refractivity contribution >= 4 is 29.8 Å². The molecule has 0 bridgehead atoms. The van der Waals surface area contributed by atoms with Crippen molar-refractivity contribution in [2.45, 2.75) is 66.5 Å². The highest BCUT2D eigenvalue weighted by Crippen LogP contribution is 2.20. The van der Waals surface area contributed by atoms with Gasteiger partial charge in [0, 0.05) is 11.1 Å². The van der Waals surface area contributed by atoms with Gasteiger partial charge in [0.25, 0.3) is 5.91 Å². The monoisotopic (exact) mass is 551 g/mol. The van der Waals surface area contributed by atoms with Crippen LogP contribution < -0.4 is 16.0 Å². The largest absolute Gasteiger partial charge is 0.508 e. The van der Waals surface area contributed by atoms with Crippen molar-refractivity contribution in [3.8, 4) is 5.75 Å². The van der Waals surface area contributed by atoms with Gasteiger partial charge in [0.1, 0.15) is 23.5 Å². The summed E-state index contributed by atoms with van der Waals surface area (Å²) in [6, 6.07) is 11.7. The second kappa shape index (κ2) is 15.5. The van der Waals surface area contributed by atoms with E-state index in [1.54, 1.807) is 50.2 Å². The van der Waals surface area contributed by atoms with Crippen LogP contribution in [-0.4, -0.2) is 47.5 Å². The number of phenols is 1. The molecule has 9 nitrogen and oxygen atoms in total. The molecule has 0 aromatic heterocycles. The SMILES string of the molecule is CCOC(=O)/C(=C/c1ccccc1)NC(=O)[C@H](CC(C)C)NC(=O)[C@H](CC(C)C)NC(=O)c1cccc(O)c1C. The first-order valence-corrected chi connectivity index (χ1v) is 13.6. The van der Waals surface area contributed by atoms with Crippen LogP contribution in [0.15, 0.2) is 54.2 Å². The molecule has 0 spiro atoms. The van der Waals surface area contributed by atoms with Crippen LogP contribution in [0.1, 0.15) is 68.9 Å². The Hall–Kier alpha value is -4.14. The highest BCUT2D eigenvalue weighted by atomic mass is 16.5. The zero-order valence-corrected chi connectivity index (χ0v) is 24.1. The van der Waals surface area contributed by atoms with Crippen LogP contribution in [0.5, 0.6) is 5.75 Å². The maximum absolute atomic E-state index is 13.4. The van der Waals surface area contributed by atoms with Crippen LogP contribution in [-0.2, 0) is 19.1 Å². The van der Waals surface area contributed by atoms with Crippen molar-refractivity contribution in [2.24, 2.45) is 11.8 Å². The smallest absolute Gasteiger partial charge is 0.354 e. The van der Waals surface area contributed by atoms with Gasteiger partial charge in [-0.25, -0.2) is 4.79 Å². The van der Waals surface area contributed by atoms with Gasteiger partial charge in [0.2, 0.25) is 11.8 Å². The third kappa shape index (κ3) is 9.87. The number of rotatable bonds is 13. The fourth-order valence-electron chi connectivity index (χ4n) is 4.07. The molecule has 9 heteroatoms. The summed E-state index contributed by atoms with van der Waals surface area (Å²) in [5.74, 6) is -2.22. The third-order valence-corrected chi connectivity index (χ3v) is 6.08. The molecule has 0 saturated heterocycles. The lowest BCUT2D eigenvalue weighted by Crippen LogP contribution is -2.54. The van der Waals surface area contributed by atoms with Crippen molar-refractivity contribution < 1.29 is 29.0 Å². The van der Waals surface area contributed by atoms with E-state index in [4.69, 9.17) is 4.74 Å². The second-order valence-electron chi connectivity index (χ2n) is 10.5. The Bertz CT molecular complexity index is 1210. The van der Waals surface area contributed by atoms with Crippen LogP contribution in [0.2, 0.25) is 0 Å². The Morgan fingerprint density at radius 2 is 1.45 bits per heavy atom. The number of carbonyl (C=O) groups is 4. The predicted octanol–water partition coefficient (Wildman–Crippen LogP) is 4.10. The molecule has 0 heterocycles. The molecule has 2 aromatic carbocycles. The molecule has 0 aliphatic rings. The van der Waals surface area contributed by atoms with Crippen molar-refractivity contribution in [3.05, 3.63) is 70.9 Å². The lowest BCUT2D eigenvalue weighted by Gasteiger charge is -2.25. The first-order valence-electron chi connectivity index (χ1n) is 13.6. The first kappa shape index (κ1) is 32.1. The molecule has 40 heavy (non-hydrogen) atoms. The van der Waals surface area contributed by atoms with E-state index in [-0.39, 0.29) is 35.5 Å². The fraction of sp³-hybridized carbons (Fsp3) is 0.419. The molecular weight excluding hydrogens is 510 g/mol. The van der Waals surface area contributed by atoms with Crippen LogP contribution >= 0.6 is 0 Å². The van der Waals surface area contributed by atoms with E-state index in [2.05, 4.69) is 16.0 Å². The fourth-order valence-corrected chi connectivity index (χ4v) is 4.07. The Kier molecular flexibility index (Phi) is 12.4. The molecular formula is C31H41N3O6. The average molecular weight is 552 g/mol. The van der Waals surface area contributed by atoms with E-state index >= 15 is 0 Å². The number of phenolic OH excluding ortho intramolecular Hbond substituents is 1. The summed E-state index contributed by atoms with van der Waals surface area (Å²) in [7, 11) is 0. The van der Waals surface area contributed by atoms with Crippen LogP contribution in [0, 0.1) is 18.8 Å². The number of benzene rings is 2. The highest BCUT2D eigenvalue weighted by molar-refractivity contribution is 6.01. The zero-order valence-electron chi connectivity index (χ0n) is 24.1. The van der Waals surface area contributed by atoms with Gasteiger partial charge in [0.15, 0.2) is 0 Å². The molecule has 2 rings (SSSR count). The van der Waals surface area contributed by atoms with Crippen molar-refractivity contribution in [1.29, 1.82) is 0 Å². The molecule has 2 atom stereocenters. The van der Waals surface area contributed by atoms with E-state index < -0.39 is 35.8 Å². The summed E-state index contributed by atoms with van der Waals surface area (Å²) < 4.78 is 5.13. The normalized spacial score (nSPS) is 12.9. The van der Waals surface area contributed by atoms with Gasteiger partial charge in [0.05, 0.1) is 6.61 Å². The number of amides is 3. The van der Waals surface area contributed by atoms with E-state index in [1.165, 1.54) is 12.1 Å². The maximum atomic E-state index is 13.4. The van der Waals surface area contributed by atoms with Crippen molar-refractivity contribution in [3.63, 3.8) is 0 Å². The summed E-state index contributed by atoms with van der Waals surface area (Å²) in [6.45, 7) is 11.1. The van der Waals surface area contributed by atoms with E-state index in [0.29, 0.717) is 24.0 Å². The Morgan fingerprint density at radius 3 is 2.02 bits per heavy atom. The van der Waals surface area contributed by atoms with Crippen LogP contribution in [0.4, 0.5) is 0 Å². The number of hydrogen-bond donors (Lipinski definition) is 4. The van der Waals surface area contributed by atoms with E-state index in [9.17, 15) is 24.3 Å². The molecule has 0 saturated carbocycles. The number of nitrogens with one attached hydrogen (secondary N) is 3. The molecule has 4 N–H and O–H groups in total. The van der Waals surface area contributed by atoms with Crippen molar-refractivity contribution in [1.82, 2.24) is 16.0 Å². The van der Waals surface area contributed by atoms with Gasteiger partial charge in [-0.05, 0) is 62.3 Å². The van der Waals surface area contributed by atoms with Crippen LogP contribution in [0.25, 0.3) is 6.08 Å². The highest BCUT2D eigenvalue weighted by Gasteiger charge is 2.30.